The second-order valence-corrected chi connectivity index (χ2v) is 7.23. The molecule has 0 spiro atoms. The van der Waals surface area contributed by atoms with Crippen LogP contribution in [0.2, 0.25) is 5.02 Å². The van der Waals surface area contributed by atoms with E-state index in [1.807, 2.05) is 0 Å². The van der Waals surface area contributed by atoms with Gasteiger partial charge in [0, 0.05) is 30.3 Å². The highest BCUT2D eigenvalue weighted by molar-refractivity contribution is 7.90. The van der Waals surface area contributed by atoms with Gasteiger partial charge in [-0.3, -0.25) is 4.72 Å². The average Bonchev–Trinajstić information content (AvgIpc) is 3.21. The first kappa shape index (κ1) is 15.6. The first-order valence-electron chi connectivity index (χ1n) is 6.70. The predicted octanol–water partition coefficient (Wildman–Crippen LogP) is 2.07. The molecule has 0 radical (unpaired) electrons. The summed E-state index contributed by atoms with van der Waals surface area (Å²) in [6.07, 6.45) is 3.28. The number of halogens is 1. The topological polar surface area (TPSA) is 61.4 Å². The standard InChI is InChI=1S/C13H20ClN3O2S/c1-17(10-2-9-15-12-7-8-12)20(18,19)16-13-5-3-11(14)4-6-13/h3-6,12,15-16H,2,7-10H2,1H3. The SMILES string of the molecule is CN(CCCNC1CC1)S(=O)(=O)Nc1ccc(Cl)cc1. The van der Waals surface area contributed by atoms with E-state index in [2.05, 4.69) is 10.0 Å². The van der Waals surface area contributed by atoms with E-state index in [4.69, 9.17) is 11.6 Å². The van der Waals surface area contributed by atoms with Crippen molar-refractivity contribution in [2.24, 2.45) is 0 Å². The van der Waals surface area contributed by atoms with Crippen LogP contribution < -0.4 is 10.0 Å². The van der Waals surface area contributed by atoms with Crippen molar-refractivity contribution in [3.63, 3.8) is 0 Å². The van der Waals surface area contributed by atoms with Crippen LogP contribution >= 0.6 is 11.6 Å². The lowest BCUT2D eigenvalue weighted by atomic mass is 10.3. The fraction of sp³-hybridized carbons (Fsp3) is 0.538. The Labute approximate surface area is 125 Å². The average molecular weight is 318 g/mol. The zero-order chi connectivity index (χ0) is 14.6. The van der Waals surface area contributed by atoms with Crippen LogP contribution in [0.15, 0.2) is 24.3 Å². The van der Waals surface area contributed by atoms with Crippen molar-refractivity contribution in [2.45, 2.75) is 25.3 Å². The lowest BCUT2D eigenvalue weighted by Gasteiger charge is -2.18. The van der Waals surface area contributed by atoms with Crippen molar-refractivity contribution < 1.29 is 8.42 Å². The smallest absolute Gasteiger partial charge is 0.301 e. The molecule has 1 aliphatic rings. The lowest BCUT2D eigenvalue weighted by molar-refractivity contribution is 0.458. The summed E-state index contributed by atoms with van der Waals surface area (Å²) >= 11 is 5.77. The molecule has 5 nitrogen and oxygen atoms in total. The van der Waals surface area contributed by atoms with E-state index >= 15 is 0 Å². The van der Waals surface area contributed by atoms with Crippen LogP contribution in [0.5, 0.6) is 0 Å². The van der Waals surface area contributed by atoms with Crippen LogP contribution in [0, 0.1) is 0 Å². The minimum Gasteiger partial charge on any atom is -0.314 e. The first-order valence-corrected chi connectivity index (χ1v) is 8.52. The molecule has 0 heterocycles. The van der Waals surface area contributed by atoms with E-state index in [1.54, 1.807) is 31.3 Å². The molecule has 2 N–H and O–H groups in total. The Morgan fingerprint density at radius 1 is 1.30 bits per heavy atom. The van der Waals surface area contributed by atoms with Gasteiger partial charge in [-0.25, -0.2) is 0 Å². The molecule has 1 saturated carbocycles. The molecule has 2 rings (SSSR count). The second kappa shape index (κ2) is 6.76. The summed E-state index contributed by atoms with van der Waals surface area (Å²) in [6.45, 7) is 1.34. The number of anilines is 1. The third kappa shape index (κ3) is 4.94. The van der Waals surface area contributed by atoms with Gasteiger partial charge in [-0.2, -0.15) is 12.7 Å². The Hall–Kier alpha value is -0.820. The molecule has 1 aliphatic carbocycles. The predicted molar refractivity (Wildman–Crippen MR) is 82.3 cm³/mol. The van der Waals surface area contributed by atoms with Crippen molar-refractivity contribution in [3.05, 3.63) is 29.3 Å². The molecule has 1 fully saturated rings. The first-order chi connectivity index (χ1) is 9.47. The highest BCUT2D eigenvalue weighted by Crippen LogP contribution is 2.18. The number of nitrogens with one attached hydrogen (secondary N) is 2. The fourth-order valence-electron chi connectivity index (χ4n) is 1.76. The van der Waals surface area contributed by atoms with Gasteiger partial charge < -0.3 is 5.32 Å². The maximum atomic E-state index is 12.1. The Bertz CT molecular complexity index is 529. The van der Waals surface area contributed by atoms with E-state index in [0.717, 1.165) is 13.0 Å². The normalized spacial score (nSPS) is 15.6. The molecule has 0 aliphatic heterocycles. The van der Waals surface area contributed by atoms with Crippen molar-refractivity contribution in [3.8, 4) is 0 Å². The Morgan fingerprint density at radius 3 is 2.55 bits per heavy atom. The Kier molecular flexibility index (Phi) is 5.26. The summed E-state index contributed by atoms with van der Waals surface area (Å²) in [5, 5.41) is 3.94. The molecule has 0 amide bonds. The summed E-state index contributed by atoms with van der Waals surface area (Å²) in [4.78, 5) is 0. The maximum absolute atomic E-state index is 12.1. The lowest BCUT2D eigenvalue weighted by Crippen LogP contribution is -2.34. The van der Waals surface area contributed by atoms with Crippen LogP contribution in [-0.4, -0.2) is 38.9 Å². The number of benzene rings is 1. The van der Waals surface area contributed by atoms with Crippen molar-refractivity contribution in [1.29, 1.82) is 0 Å². The summed E-state index contributed by atoms with van der Waals surface area (Å²) in [5.74, 6) is 0. The number of hydrogen-bond donors (Lipinski definition) is 2. The molecule has 1 aromatic rings. The Balaban J connectivity index is 1.79. The highest BCUT2D eigenvalue weighted by atomic mass is 35.5. The van der Waals surface area contributed by atoms with Gasteiger partial charge in [0.1, 0.15) is 0 Å². The van der Waals surface area contributed by atoms with E-state index in [1.165, 1.54) is 17.1 Å². The monoisotopic (exact) mass is 317 g/mol. The molecule has 0 unspecified atom stereocenters. The maximum Gasteiger partial charge on any atom is 0.301 e. The van der Waals surface area contributed by atoms with Gasteiger partial charge in [-0.1, -0.05) is 11.6 Å². The quantitative estimate of drug-likeness (QED) is 0.722. The van der Waals surface area contributed by atoms with E-state index < -0.39 is 10.2 Å². The van der Waals surface area contributed by atoms with Gasteiger partial charge >= 0.3 is 10.2 Å². The minimum absolute atomic E-state index is 0.489. The van der Waals surface area contributed by atoms with Crippen molar-refractivity contribution in [1.82, 2.24) is 9.62 Å². The zero-order valence-corrected chi connectivity index (χ0v) is 13.0. The molecular formula is C13H20ClN3O2S. The fourth-order valence-corrected chi connectivity index (χ4v) is 2.85. The van der Waals surface area contributed by atoms with Crippen LogP contribution in [0.25, 0.3) is 0 Å². The molecule has 1 aromatic carbocycles. The second-order valence-electron chi connectivity index (χ2n) is 5.02. The molecule has 0 atom stereocenters. The van der Waals surface area contributed by atoms with Crippen LogP contribution in [0.1, 0.15) is 19.3 Å². The highest BCUT2D eigenvalue weighted by Gasteiger charge is 2.20. The summed E-state index contributed by atoms with van der Waals surface area (Å²) < 4.78 is 28.0. The molecule has 7 heteroatoms. The number of rotatable bonds is 8. The van der Waals surface area contributed by atoms with Gasteiger partial charge in [0.25, 0.3) is 0 Å². The molecule has 0 aromatic heterocycles. The number of nitrogens with zero attached hydrogens (tertiary/aromatic N) is 1. The van der Waals surface area contributed by atoms with Gasteiger partial charge in [-0.05, 0) is 50.1 Å². The summed E-state index contributed by atoms with van der Waals surface area (Å²) in [6, 6.07) is 7.24. The molecular weight excluding hydrogens is 298 g/mol. The number of hydrogen-bond acceptors (Lipinski definition) is 3. The molecule has 112 valence electrons. The van der Waals surface area contributed by atoms with E-state index in [9.17, 15) is 8.42 Å². The molecule has 0 saturated heterocycles. The molecule has 0 bridgehead atoms. The van der Waals surface area contributed by atoms with Crippen LogP contribution in [-0.2, 0) is 10.2 Å². The van der Waals surface area contributed by atoms with Crippen LogP contribution in [0.4, 0.5) is 5.69 Å². The van der Waals surface area contributed by atoms with Gasteiger partial charge in [0.05, 0.1) is 0 Å². The van der Waals surface area contributed by atoms with Gasteiger partial charge in [0.15, 0.2) is 0 Å². The van der Waals surface area contributed by atoms with E-state index in [-0.39, 0.29) is 0 Å². The zero-order valence-electron chi connectivity index (χ0n) is 11.5. The molecule has 20 heavy (non-hydrogen) atoms. The van der Waals surface area contributed by atoms with Gasteiger partial charge in [0.2, 0.25) is 0 Å². The largest absolute Gasteiger partial charge is 0.314 e. The Morgan fingerprint density at radius 2 is 1.95 bits per heavy atom. The third-order valence-electron chi connectivity index (χ3n) is 3.16. The van der Waals surface area contributed by atoms with Crippen molar-refractivity contribution >= 4 is 27.5 Å². The van der Waals surface area contributed by atoms with E-state index in [0.29, 0.717) is 23.3 Å². The summed E-state index contributed by atoms with van der Waals surface area (Å²) in [5.41, 5.74) is 0.511. The van der Waals surface area contributed by atoms with Gasteiger partial charge in [-0.15, -0.1) is 0 Å². The van der Waals surface area contributed by atoms with Crippen LogP contribution in [0.3, 0.4) is 0 Å². The third-order valence-corrected chi connectivity index (χ3v) is 4.91. The van der Waals surface area contributed by atoms with Crippen molar-refractivity contribution in [2.75, 3.05) is 24.9 Å². The summed E-state index contributed by atoms with van der Waals surface area (Å²) in [7, 11) is -1.92. The minimum atomic E-state index is -3.50.